The van der Waals surface area contributed by atoms with E-state index >= 15 is 0 Å². The van der Waals surface area contributed by atoms with Crippen molar-refractivity contribution in [2.75, 3.05) is 0 Å². The van der Waals surface area contributed by atoms with Gasteiger partial charge >= 0.3 is 0 Å². The highest BCUT2D eigenvalue weighted by atomic mass is 15.2. The zero-order valence-electron chi connectivity index (χ0n) is 12.2. The van der Waals surface area contributed by atoms with Gasteiger partial charge in [0.2, 0.25) is 0 Å². The third-order valence-corrected chi connectivity index (χ3v) is 3.99. The number of fused-ring (bicyclic) bond motifs is 3. The number of hydrogen-bond acceptors (Lipinski definition) is 1. The number of rotatable bonds is 2. The van der Waals surface area contributed by atoms with Crippen molar-refractivity contribution < 1.29 is 0 Å². The molecule has 3 nitrogen and oxygen atoms in total. The summed E-state index contributed by atoms with van der Waals surface area (Å²) in [4.78, 5) is 4.61. The van der Waals surface area contributed by atoms with Gasteiger partial charge in [-0.1, -0.05) is 36.4 Å². The quantitative estimate of drug-likeness (QED) is 0.526. The number of benzene rings is 2. The summed E-state index contributed by atoms with van der Waals surface area (Å²) in [6.07, 6.45) is 4.02. The number of aromatic nitrogens is 3. The minimum Gasteiger partial charge on any atom is -0.333 e. The molecule has 0 N–H and O–H groups in total. The van der Waals surface area contributed by atoms with Gasteiger partial charge < -0.3 is 4.57 Å². The smallest absolute Gasteiger partial charge is 0.155 e. The Morgan fingerprint density at radius 2 is 1.43 bits per heavy atom. The average Bonchev–Trinajstić information content (AvgIpc) is 3.09. The van der Waals surface area contributed by atoms with Crippen LogP contribution in [-0.4, -0.2) is 14.1 Å². The van der Waals surface area contributed by atoms with Crippen LogP contribution in [0.5, 0.6) is 0 Å². The molecule has 0 unspecified atom stereocenters. The zero-order chi connectivity index (χ0) is 14.4. The predicted molar refractivity (Wildman–Crippen MR) is 87.0 cm³/mol. The standard InChI is InChI=1S/C18H17N3/c1-13(2)20-11-18(19-12-20)21-16-9-5-3-7-14(16)15-8-4-6-10-17(15)21/h3-13H,1-2H3. The normalized spacial score (nSPS) is 11.8. The van der Waals surface area contributed by atoms with Crippen molar-refractivity contribution in [3.8, 4) is 5.82 Å². The van der Waals surface area contributed by atoms with E-state index in [0.29, 0.717) is 6.04 Å². The van der Waals surface area contributed by atoms with E-state index in [4.69, 9.17) is 0 Å². The SMILES string of the molecule is CC(C)n1cnc(-n2c3ccccc3c3ccccc32)c1. The van der Waals surface area contributed by atoms with Crippen LogP contribution in [-0.2, 0) is 0 Å². The molecule has 0 saturated carbocycles. The maximum absolute atomic E-state index is 4.61. The maximum Gasteiger partial charge on any atom is 0.155 e. The molecular weight excluding hydrogens is 258 g/mol. The maximum atomic E-state index is 4.61. The van der Waals surface area contributed by atoms with Crippen molar-refractivity contribution in [2.24, 2.45) is 0 Å². The summed E-state index contributed by atoms with van der Waals surface area (Å²) < 4.78 is 4.38. The van der Waals surface area contributed by atoms with Crippen LogP contribution in [0.4, 0.5) is 0 Å². The molecule has 0 saturated heterocycles. The highest BCUT2D eigenvalue weighted by Gasteiger charge is 2.13. The lowest BCUT2D eigenvalue weighted by atomic mass is 10.2. The van der Waals surface area contributed by atoms with Gasteiger partial charge in [-0.15, -0.1) is 0 Å². The molecule has 0 spiro atoms. The molecule has 21 heavy (non-hydrogen) atoms. The van der Waals surface area contributed by atoms with E-state index in [9.17, 15) is 0 Å². The van der Waals surface area contributed by atoms with Gasteiger partial charge in [0, 0.05) is 23.0 Å². The molecular formula is C18H17N3. The molecule has 2 aromatic heterocycles. The second kappa shape index (κ2) is 4.48. The first-order chi connectivity index (χ1) is 10.3. The Hall–Kier alpha value is -2.55. The highest BCUT2D eigenvalue weighted by Crippen LogP contribution is 2.31. The van der Waals surface area contributed by atoms with E-state index in [1.165, 1.54) is 21.8 Å². The van der Waals surface area contributed by atoms with Crippen molar-refractivity contribution in [3.05, 3.63) is 61.1 Å². The minimum atomic E-state index is 0.416. The van der Waals surface area contributed by atoms with Crippen LogP contribution >= 0.6 is 0 Å². The van der Waals surface area contributed by atoms with E-state index in [1.807, 2.05) is 6.33 Å². The van der Waals surface area contributed by atoms with Gasteiger partial charge in [0.05, 0.1) is 17.4 Å². The topological polar surface area (TPSA) is 22.8 Å². The van der Waals surface area contributed by atoms with Crippen LogP contribution < -0.4 is 0 Å². The zero-order valence-corrected chi connectivity index (χ0v) is 12.2. The van der Waals surface area contributed by atoms with Crippen molar-refractivity contribution in [1.29, 1.82) is 0 Å². The van der Waals surface area contributed by atoms with Crippen LogP contribution in [0.25, 0.3) is 27.6 Å². The van der Waals surface area contributed by atoms with E-state index in [2.05, 4.69) is 82.7 Å². The second-order valence-corrected chi connectivity index (χ2v) is 5.64. The Balaban J connectivity index is 2.09. The monoisotopic (exact) mass is 275 g/mol. The van der Waals surface area contributed by atoms with Gasteiger partial charge in [0.1, 0.15) is 0 Å². The molecule has 4 aromatic rings. The van der Waals surface area contributed by atoms with Crippen molar-refractivity contribution in [3.63, 3.8) is 0 Å². The van der Waals surface area contributed by atoms with Gasteiger partial charge in [-0.25, -0.2) is 4.98 Å². The summed E-state index contributed by atoms with van der Waals surface area (Å²) >= 11 is 0. The van der Waals surface area contributed by atoms with Crippen molar-refractivity contribution in [2.45, 2.75) is 19.9 Å². The Kier molecular flexibility index (Phi) is 2.61. The average molecular weight is 275 g/mol. The number of imidazole rings is 1. The minimum absolute atomic E-state index is 0.416. The summed E-state index contributed by atoms with van der Waals surface area (Å²) in [6, 6.07) is 17.4. The van der Waals surface area contributed by atoms with Crippen LogP contribution in [0.3, 0.4) is 0 Å². The molecule has 0 fully saturated rings. The first kappa shape index (κ1) is 12.2. The molecule has 104 valence electrons. The summed E-state index contributed by atoms with van der Waals surface area (Å²) in [5.41, 5.74) is 2.40. The summed E-state index contributed by atoms with van der Waals surface area (Å²) in [5, 5.41) is 2.54. The fraction of sp³-hybridized carbons (Fsp3) is 0.167. The second-order valence-electron chi connectivity index (χ2n) is 5.64. The molecule has 0 radical (unpaired) electrons. The van der Waals surface area contributed by atoms with Crippen molar-refractivity contribution in [1.82, 2.24) is 14.1 Å². The van der Waals surface area contributed by atoms with E-state index in [1.54, 1.807) is 0 Å². The van der Waals surface area contributed by atoms with Gasteiger partial charge in [-0.05, 0) is 26.0 Å². The largest absolute Gasteiger partial charge is 0.333 e. The van der Waals surface area contributed by atoms with Gasteiger partial charge in [-0.3, -0.25) is 4.57 Å². The molecule has 2 heterocycles. The van der Waals surface area contributed by atoms with Crippen LogP contribution in [0.1, 0.15) is 19.9 Å². The molecule has 0 aliphatic carbocycles. The lowest BCUT2D eigenvalue weighted by Gasteiger charge is -2.05. The number of nitrogens with zero attached hydrogens (tertiary/aromatic N) is 3. The van der Waals surface area contributed by atoms with E-state index in [0.717, 1.165) is 5.82 Å². The third-order valence-electron chi connectivity index (χ3n) is 3.99. The molecule has 0 amide bonds. The number of para-hydroxylation sites is 2. The lowest BCUT2D eigenvalue weighted by Crippen LogP contribution is -1.97. The van der Waals surface area contributed by atoms with Gasteiger partial charge in [0.15, 0.2) is 5.82 Å². The molecule has 0 aliphatic rings. The molecule has 0 aliphatic heterocycles. The van der Waals surface area contributed by atoms with E-state index in [-0.39, 0.29) is 0 Å². The first-order valence-corrected chi connectivity index (χ1v) is 7.28. The Bertz CT molecular complexity index is 875. The van der Waals surface area contributed by atoms with Crippen molar-refractivity contribution >= 4 is 21.8 Å². The van der Waals surface area contributed by atoms with Crippen LogP contribution in [0.15, 0.2) is 61.1 Å². The summed E-state index contributed by atoms with van der Waals surface area (Å²) in [6.45, 7) is 4.33. The van der Waals surface area contributed by atoms with Gasteiger partial charge in [-0.2, -0.15) is 0 Å². The Morgan fingerprint density at radius 1 is 0.857 bits per heavy atom. The Morgan fingerprint density at radius 3 is 1.95 bits per heavy atom. The van der Waals surface area contributed by atoms with Gasteiger partial charge in [0.25, 0.3) is 0 Å². The molecule has 4 rings (SSSR count). The predicted octanol–water partition coefficient (Wildman–Crippen LogP) is 4.56. The van der Waals surface area contributed by atoms with E-state index < -0.39 is 0 Å². The Labute approximate surface area is 123 Å². The fourth-order valence-corrected chi connectivity index (χ4v) is 2.89. The molecule has 3 heteroatoms. The first-order valence-electron chi connectivity index (χ1n) is 7.28. The lowest BCUT2D eigenvalue weighted by molar-refractivity contribution is 0.599. The van der Waals surface area contributed by atoms with Crippen LogP contribution in [0, 0.1) is 0 Å². The number of hydrogen-bond donors (Lipinski definition) is 0. The summed E-state index contributed by atoms with van der Waals surface area (Å²) in [5.74, 6) is 0.973. The third kappa shape index (κ3) is 1.77. The highest BCUT2D eigenvalue weighted by molar-refractivity contribution is 6.08. The molecule has 2 aromatic carbocycles. The molecule has 0 atom stereocenters. The van der Waals surface area contributed by atoms with Crippen LogP contribution in [0.2, 0.25) is 0 Å². The summed E-state index contributed by atoms with van der Waals surface area (Å²) in [7, 11) is 0. The fourth-order valence-electron chi connectivity index (χ4n) is 2.89. The molecule has 0 bridgehead atoms.